The van der Waals surface area contributed by atoms with Crippen LogP contribution in [-0.2, 0) is 18.4 Å². The molecule has 19 heavy (non-hydrogen) atoms. The number of carbonyl (C=O) groups is 1. The zero-order chi connectivity index (χ0) is 14.2. The van der Waals surface area contributed by atoms with Gasteiger partial charge in [0.25, 0.3) is 5.91 Å². The normalized spacial score (nSPS) is 24.6. The predicted molar refractivity (Wildman–Crippen MR) is 71.6 cm³/mol. The lowest BCUT2D eigenvalue weighted by atomic mass is 9.92. The molecule has 2 heterocycles. The lowest BCUT2D eigenvalue weighted by Gasteiger charge is -2.37. The Labute approximate surface area is 117 Å². The van der Waals surface area contributed by atoms with Gasteiger partial charge in [0.15, 0.2) is 5.60 Å². The number of β-amino-alcohol motifs (C(OH)–C–C–N with tert-alkyl or cyclic N) is 1. The predicted octanol–water partition coefficient (Wildman–Crippen LogP) is 0.194. The van der Waals surface area contributed by atoms with Crippen molar-refractivity contribution in [2.24, 2.45) is 12.8 Å². The maximum absolute atomic E-state index is 11.3. The van der Waals surface area contributed by atoms with E-state index in [4.69, 9.17) is 17.3 Å². The first-order chi connectivity index (χ1) is 8.83. The third-order valence-electron chi connectivity index (χ3n) is 3.66. The Morgan fingerprint density at radius 2 is 2.32 bits per heavy atom. The standard InChI is InChI=1S/C12H19ClN4O2/c1-8-9(10(13)16(2)15-8)6-17-5-3-4-12(19,7-17)11(14)18/h19H,3-7H2,1-2H3,(H2,14,18)/t12-/m1/s1. The fourth-order valence-electron chi connectivity index (χ4n) is 2.54. The van der Waals surface area contributed by atoms with Crippen molar-refractivity contribution in [3.8, 4) is 0 Å². The number of piperidine rings is 1. The van der Waals surface area contributed by atoms with E-state index in [2.05, 4.69) is 5.10 Å². The van der Waals surface area contributed by atoms with E-state index in [1.165, 1.54) is 0 Å². The Kier molecular flexibility index (Phi) is 3.85. The Bertz CT molecular complexity index is 502. The first kappa shape index (κ1) is 14.3. The van der Waals surface area contributed by atoms with Crippen LogP contribution in [0.4, 0.5) is 0 Å². The Hall–Kier alpha value is -1.11. The van der Waals surface area contributed by atoms with E-state index in [9.17, 15) is 9.90 Å². The Balaban J connectivity index is 2.13. The SMILES string of the molecule is Cc1nn(C)c(Cl)c1CN1CCC[C@](O)(C(N)=O)C1. The first-order valence-corrected chi connectivity index (χ1v) is 6.64. The summed E-state index contributed by atoms with van der Waals surface area (Å²) >= 11 is 6.19. The molecule has 0 bridgehead atoms. The second-order valence-electron chi connectivity index (χ2n) is 5.19. The smallest absolute Gasteiger partial charge is 0.250 e. The number of likely N-dealkylation sites (tertiary alicyclic amines) is 1. The highest BCUT2D eigenvalue weighted by Gasteiger charge is 2.38. The third kappa shape index (κ3) is 2.75. The minimum absolute atomic E-state index is 0.243. The minimum Gasteiger partial charge on any atom is -0.379 e. The molecule has 0 aromatic carbocycles. The molecule has 1 aromatic heterocycles. The molecule has 1 saturated heterocycles. The second-order valence-corrected chi connectivity index (χ2v) is 5.55. The molecule has 1 fully saturated rings. The van der Waals surface area contributed by atoms with Crippen LogP contribution in [0.5, 0.6) is 0 Å². The van der Waals surface area contributed by atoms with Crippen LogP contribution in [0.2, 0.25) is 5.15 Å². The topological polar surface area (TPSA) is 84.4 Å². The minimum atomic E-state index is -1.43. The summed E-state index contributed by atoms with van der Waals surface area (Å²) in [5.74, 6) is -0.661. The van der Waals surface area contributed by atoms with Crippen molar-refractivity contribution in [2.45, 2.75) is 31.9 Å². The summed E-state index contributed by atoms with van der Waals surface area (Å²) in [6, 6.07) is 0. The molecule has 3 N–H and O–H groups in total. The number of carbonyl (C=O) groups excluding carboxylic acids is 1. The zero-order valence-corrected chi connectivity index (χ0v) is 11.9. The van der Waals surface area contributed by atoms with Crippen LogP contribution >= 0.6 is 11.6 Å². The molecule has 1 atom stereocenters. The molecular weight excluding hydrogens is 268 g/mol. The van der Waals surface area contributed by atoms with Crippen molar-refractivity contribution in [1.29, 1.82) is 0 Å². The third-order valence-corrected chi connectivity index (χ3v) is 4.13. The molecule has 6 nitrogen and oxygen atoms in total. The van der Waals surface area contributed by atoms with Crippen LogP contribution in [0.15, 0.2) is 0 Å². The number of aromatic nitrogens is 2. The highest BCUT2D eigenvalue weighted by atomic mass is 35.5. The van der Waals surface area contributed by atoms with Gasteiger partial charge >= 0.3 is 0 Å². The number of nitrogens with zero attached hydrogens (tertiary/aromatic N) is 3. The number of aliphatic hydroxyl groups is 1. The average molecular weight is 287 g/mol. The zero-order valence-electron chi connectivity index (χ0n) is 11.2. The number of primary amides is 1. The van der Waals surface area contributed by atoms with Crippen LogP contribution in [-0.4, -0.2) is 44.4 Å². The average Bonchev–Trinajstić information content (AvgIpc) is 2.56. The maximum atomic E-state index is 11.3. The molecule has 7 heteroatoms. The van der Waals surface area contributed by atoms with Gasteiger partial charge in [0.2, 0.25) is 0 Å². The van der Waals surface area contributed by atoms with Crippen LogP contribution in [0.3, 0.4) is 0 Å². The molecule has 2 rings (SSSR count). The van der Waals surface area contributed by atoms with Crippen molar-refractivity contribution < 1.29 is 9.90 Å². The van der Waals surface area contributed by atoms with Crippen molar-refractivity contribution in [3.63, 3.8) is 0 Å². The lowest BCUT2D eigenvalue weighted by Crippen LogP contribution is -2.55. The van der Waals surface area contributed by atoms with E-state index in [1.807, 2.05) is 11.8 Å². The van der Waals surface area contributed by atoms with Crippen molar-refractivity contribution in [2.75, 3.05) is 13.1 Å². The molecule has 0 saturated carbocycles. The molecule has 0 radical (unpaired) electrons. The van der Waals surface area contributed by atoms with Gasteiger partial charge in [0, 0.05) is 25.7 Å². The molecule has 0 unspecified atom stereocenters. The number of hydrogen-bond donors (Lipinski definition) is 2. The van der Waals surface area contributed by atoms with E-state index in [1.54, 1.807) is 11.7 Å². The van der Waals surface area contributed by atoms with Crippen molar-refractivity contribution >= 4 is 17.5 Å². The van der Waals surface area contributed by atoms with Gasteiger partial charge in [-0.2, -0.15) is 5.10 Å². The maximum Gasteiger partial charge on any atom is 0.250 e. The monoisotopic (exact) mass is 286 g/mol. The van der Waals surface area contributed by atoms with Gasteiger partial charge in [-0.25, -0.2) is 0 Å². The fourth-order valence-corrected chi connectivity index (χ4v) is 2.77. The number of aryl methyl sites for hydroxylation is 2. The fraction of sp³-hybridized carbons (Fsp3) is 0.667. The highest BCUT2D eigenvalue weighted by molar-refractivity contribution is 6.30. The summed E-state index contributed by atoms with van der Waals surface area (Å²) in [6.07, 6.45) is 1.15. The molecule has 1 amide bonds. The van der Waals surface area contributed by atoms with E-state index in [0.717, 1.165) is 24.2 Å². The van der Waals surface area contributed by atoms with Gasteiger partial charge in [-0.1, -0.05) is 11.6 Å². The number of halogens is 1. The first-order valence-electron chi connectivity index (χ1n) is 6.26. The van der Waals surface area contributed by atoms with E-state index in [0.29, 0.717) is 18.1 Å². The Morgan fingerprint density at radius 1 is 1.63 bits per heavy atom. The second kappa shape index (κ2) is 5.11. The van der Waals surface area contributed by atoms with Gasteiger partial charge in [-0.3, -0.25) is 14.4 Å². The van der Waals surface area contributed by atoms with Crippen molar-refractivity contribution in [3.05, 3.63) is 16.4 Å². The van der Waals surface area contributed by atoms with Gasteiger partial charge in [-0.05, 0) is 26.3 Å². The molecule has 1 aliphatic heterocycles. The number of nitrogens with two attached hydrogens (primary N) is 1. The van der Waals surface area contributed by atoms with E-state index in [-0.39, 0.29) is 6.54 Å². The number of amides is 1. The quantitative estimate of drug-likeness (QED) is 0.831. The summed E-state index contributed by atoms with van der Waals surface area (Å²) < 4.78 is 1.62. The lowest BCUT2D eigenvalue weighted by molar-refractivity contribution is -0.142. The number of rotatable bonds is 3. The van der Waals surface area contributed by atoms with Gasteiger partial charge in [-0.15, -0.1) is 0 Å². The van der Waals surface area contributed by atoms with Crippen molar-refractivity contribution in [1.82, 2.24) is 14.7 Å². The summed E-state index contributed by atoms with van der Waals surface area (Å²) in [6.45, 7) is 3.51. The molecule has 1 aromatic rings. The van der Waals surface area contributed by atoms with Crippen LogP contribution in [0.25, 0.3) is 0 Å². The molecule has 1 aliphatic rings. The summed E-state index contributed by atoms with van der Waals surface area (Å²) in [7, 11) is 1.79. The van der Waals surface area contributed by atoms with Crippen LogP contribution in [0, 0.1) is 6.92 Å². The molecule has 0 spiro atoms. The summed E-state index contributed by atoms with van der Waals surface area (Å²) in [4.78, 5) is 13.3. The van der Waals surface area contributed by atoms with E-state index >= 15 is 0 Å². The van der Waals surface area contributed by atoms with Crippen LogP contribution in [0.1, 0.15) is 24.1 Å². The van der Waals surface area contributed by atoms with Gasteiger partial charge < -0.3 is 10.8 Å². The van der Waals surface area contributed by atoms with Gasteiger partial charge in [0.1, 0.15) is 5.15 Å². The van der Waals surface area contributed by atoms with Crippen LogP contribution < -0.4 is 5.73 Å². The molecule has 106 valence electrons. The highest BCUT2D eigenvalue weighted by Crippen LogP contribution is 2.25. The summed E-state index contributed by atoms with van der Waals surface area (Å²) in [5, 5.41) is 15.0. The summed E-state index contributed by atoms with van der Waals surface area (Å²) in [5.41, 5.74) is 5.62. The van der Waals surface area contributed by atoms with E-state index < -0.39 is 11.5 Å². The number of hydrogen-bond acceptors (Lipinski definition) is 4. The largest absolute Gasteiger partial charge is 0.379 e. The molecular formula is C12H19ClN4O2. The molecule has 0 aliphatic carbocycles. The Morgan fingerprint density at radius 3 is 2.84 bits per heavy atom. The van der Waals surface area contributed by atoms with Gasteiger partial charge in [0.05, 0.1) is 5.69 Å².